The van der Waals surface area contributed by atoms with E-state index in [0.29, 0.717) is 17.9 Å². The SMILES string of the molecule is COc1ccc(CN(C(=O)CN(C)C2=NS(=O)(=O)c3ccccc32)C2CC2)cc1. The first-order valence-electron chi connectivity index (χ1n) is 9.47. The zero-order valence-electron chi connectivity index (χ0n) is 16.4. The number of amides is 1. The second-order valence-electron chi connectivity index (χ2n) is 7.34. The van der Waals surface area contributed by atoms with Crippen molar-refractivity contribution in [1.29, 1.82) is 0 Å². The number of likely N-dealkylation sites (N-methyl/N-ethyl adjacent to an activating group) is 1. The first-order valence-corrected chi connectivity index (χ1v) is 10.9. The van der Waals surface area contributed by atoms with Gasteiger partial charge >= 0.3 is 0 Å². The highest BCUT2D eigenvalue weighted by atomic mass is 32.2. The highest BCUT2D eigenvalue weighted by molar-refractivity contribution is 7.90. The maximum atomic E-state index is 13.0. The van der Waals surface area contributed by atoms with Crippen molar-refractivity contribution in [1.82, 2.24) is 9.80 Å². The molecule has 0 saturated heterocycles. The van der Waals surface area contributed by atoms with Crippen LogP contribution in [0.25, 0.3) is 0 Å². The van der Waals surface area contributed by atoms with Crippen molar-refractivity contribution in [2.75, 3.05) is 20.7 Å². The molecule has 1 fully saturated rings. The summed E-state index contributed by atoms with van der Waals surface area (Å²) in [7, 11) is -0.384. The number of ether oxygens (including phenoxy) is 1. The lowest BCUT2D eigenvalue weighted by atomic mass is 10.2. The van der Waals surface area contributed by atoms with Crippen LogP contribution in [0.5, 0.6) is 5.75 Å². The molecule has 7 nitrogen and oxygen atoms in total. The monoisotopic (exact) mass is 413 g/mol. The van der Waals surface area contributed by atoms with Gasteiger partial charge in [-0.2, -0.15) is 8.42 Å². The van der Waals surface area contributed by atoms with Gasteiger partial charge in [0, 0.05) is 25.2 Å². The van der Waals surface area contributed by atoms with Crippen LogP contribution in [-0.2, 0) is 21.4 Å². The molecular formula is C21H23N3O4S. The lowest BCUT2D eigenvalue weighted by Crippen LogP contribution is -2.41. The highest BCUT2D eigenvalue weighted by Crippen LogP contribution is 2.30. The number of hydrogen-bond donors (Lipinski definition) is 0. The number of rotatable bonds is 6. The second-order valence-corrected chi connectivity index (χ2v) is 8.92. The van der Waals surface area contributed by atoms with Gasteiger partial charge in [0.05, 0.1) is 13.7 Å². The van der Waals surface area contributed by atoms with Gasteiger partial charge in [-0.1, -0.05) is 24.3 Å². The number of methoxy groups -OCH3 is 1. The Labute approximate surface area is 170 Å². The summed E-state index contributed by atoms with van der Waals surface area (Å²) in [4.78, 5) is 16.7. The third-order valence-electron chi connectivity index (χ3n) is 5.17. The van der Waals surface area contributed by atoms with E-state index in [1.807, 2.05) is 29.2 Å². The second kappa shape index (κ2) is 7.51. The van der Waals surface area contributed by atoms with Crippen LogP contribution in [0.3, 0.4) is 0 Å². The Morgan fingerprint density at radius 2 is 1.83 bits per heavy atom. The summed E-state index contributed by atoms with van der Waals surface area (Å²) < 4.78 is 33.6. The quantitative estimate of drug-likeness (QED) is 0.726. The predicted octanol–water partition coefficient (Wildman–Crippen LogP) is 2.27. The van der Waals surface area contributed by atoms with E-state index in [9.17, 15) is 13.2 Å². The summed E-state index contributed by atoms with van der Waals surface area (Å²) in [5, 5.41) is 0. The smallest absolute Gasteiger partial charge is 0.285 e. The highest BCUT2D eigenvalue weighted by Gasteiger charge is 2.35. The van der Waals surface area contributed by atoms with Crippen LogP contribution in [0.4, 0.5) is 0 Å². The molecule has 0 aromatic heterocycles. The molecular weight excluding hydrogens is 390 g/mol. The fourth-order valence-electron chi connectivity index (χ4n) is 3.47. The number of sulfonamides is 1. The molecule has 0 radical (unpaired) electrons. The van der Waals surface area contributed by atoms with Crippen LogP contribution in [0.15, 0.2) is 57.8 Å². The molecule has 2 aliphatic rings. The van der Waals surface area contributed by atoms with Crippen molar-refractivity contribution in [3.63, 3.8) is 0 Å². The number of hydrogen-bond acceptors (Lipinski definition) is 5. The number of fused-ring (bicyclic) bond motifs is 1. The minimum atomic E-state index is -3.71. The maximum absolute atomic E-state index is 13.0. The Morgan fingerprint density at radius 1 is 1.14 bits per heavy atom. The average molecular weight is 413 g/mol. The zero-order chi connectivity index (χ0) is 20.6. The molecule has 2 aromatic rings. The maximum Gasteiger partial charge on any atom is 0.285 e. The van der Waals surface area contributed by atoms with Crippen molar-refractivity contribution in [3.05, 3.63) is 59.7 Å². The van der Waals surface area contributed by atoms with E-state index < -0.39 is 10.0 Å². The number of benzene rings is 2. The van der Waals surface area contributed by atoms with Crippen LogP contribution < -0.4 is 4.74 Å². The summed E-state index contributed by atoms with van der Waals surface area (Å²) in [6, 6.07) is 14.6. The Bertz CT molecular complexity index is 1060. The van der Waals surface area contributed by atoms with Crippen molar-refractivity contribution in [2.24, 2.45) is 4.40 Å². The molecule has 1 aliphatic heterocycles. The number of carbonyl (C=O) groups is 1. The van der Waals surface area contributed by atoms with Crippen molar-refractivity contribution < 1.29 is 17.9 Å². The number of nitrogens with zero attached hydrogens (tertiary/aromatic N) is 3. The summed E-state index contributed by atoms with van der Waals surface area (Å²) >= 11 is 0. The lowest BCUT2D eigenvalue weighted by Gasteiger charge is -2.26. The summed E-state index contributed by atoms with van der Waals surface area (Å²) in [5.41, 5.74) is 1.57. The van der Waals surface area contributed by atoms with Gasteiger partial charge in [-0.05, 0) is 42.7 Å². The van der Waals surface area contributed by atoms with Crippen LogP contribution in [0.1, 0.15) is 24.0 Å². The van der Waals surface area contributed by atoms with Crippen LogP contribution in [0.2, 0.25) is 0 Å². The Morgan fingerprint density at radius 3 is 2.48 bits per heavy atom. The van der Waals surface area contributed by atoms with Crippen molar-refractivity contribution >= 4 is 21.8 Å². The predicted molar refractivity (Wildman–Crippen MR) is 109 cm³/mol. The number of carbonyl (C=O) groups excluding carboxylic acids is 1. The van der Waals surface area contributed by atoms with Crippen LogP contribution >= 0.6 is 0 Å². The van der Waals surface area contributed by atoms with Gasteiger partial charge in [0.15, 0.2) is 5.84 Å². The molecule has 0 unspecified atom stereocenters. The molecule has 0 N–H and O–H groups in total. The molecule has 4 rings (SSSR count). The van der Waals surface area contributed by atoms with E-state index in [4.69, 9.17) is 4.74 Å². The molecule has 1 heterocycles. The zero-order valence-corrected chi connectivity index (χ0v) is 17.2. The van der Waals surface area contributed by atoms with E-state index in [-0.39, 0.29) is 23.4 Å². The first kappa shape index (κ1) is 19.4. The third kappa shape index (κ3) is 3.98. The van der Waals surface area contributed by atoms with E-state index in [1.165, 1.54) is 6.07 Å². The van der Waals surface area contributed by atoms with E-state index in [2.05, 4.69) is 4.40 Å². The van der Waals surface area contributed by atoms with E-state index in [0.717, 1.165) is 24.2 Å². The average Bonchev–Trinajstić information content (AvgIpc) is 3.51. The minimum Gasteiger partial charge on any atom is -0.497 e. The Hall–Kier alpha value is -2.87. The van der Waals surface area contributed by atoms with Gasteiger partial charge < -0.3 is 14.5 Å². The Balaban J connectivity index is 1.50. The van der Waals surface area contributed by atoms with E-state index in [1.54, 1.807) is 37.3 Å². The van der Waals surface area contributed by atoms with Gasteiger partial charge in [-0.15, -0.1) is 4.40 Å². The third-order valence-corrected chi connectivity index (χ3v) is 6.49. The normalized spacial score (nSPS) is 16.7. The van der Waals surface area contributed by atoms with Gasteiger partial charge in [0.1, 0.15) is 10.6 Å². The summed E-state index contributed by atoms with van der Waals surface area (Å²) in [5.74, 6) is 1.04. The molecule has 0 atom stereocenters. The first-order chi connectivity index (χ1) is 13.9. The van der Waals surface area contributed by atoms with Gasteiger partial charge in [0.2, 0.25) is 5.91 Å². The molecule has 29 heavy (non-hydrogen) atoms. The number of amidine groups is 1. The molecule has 2 aromatic carbocycles. The van der Waals surface area contributed by atoms with Crippen LogP contribution in [-0.4, -0.2) is 56.7 Å². The minimum absolute atomic E-state index is 0.0460. The molecule has 8 heteroatoms. The topological polar surface area (TPSA) is 79.3 Å². The van der Waals surface area contributed by atoms with E-state index >= 15 is 0 Å². The van der Waals surface area contributed by atoms with Gasteiger partial charge in [-0.3, -0.25) is 4.79 Å². The molecule has 1 aliphatic carbocycles. The van der Waals surface area contributed by atoms with Crippen molar-refractivity contribution in [3.8, 4) is 5.75 Å². The van der Waals surface area contributed by atoms with Gasteiger partial charge in [-0.25, -0.2) is 0 Å². The fraction of sp³-hybridized carbons (Fsp3) is 0.333. The molecule has 1 amide bonds. The largest absolute Gasteiger partial charge is 0.497 e. The lowest BCUT2D eigenvalue weighted by molar-refractivity contribution is -0.132. The van der Waals surface area contributed by atoms with Crippen molar-refractivity contribution in [2.45, 2.75) is 30.3 Å². The molecule has 1 saturated carbocycles. The summed E-state index contributed by atoms with van der Waals surface area (Å²) in [6.45, 7) is 0.581. The fourth-order valence-corrected chi connectivity index (χ4v) is 4.72. The summed E-state index contributed by atoms with van der Waals surface area (Å²) in [6.07, 6.45) is 1.98. The van der Waals surface area contributed by atoms with Gasteiger partial charge in [0.25, 0.3) is 10.0 Å². The van der Waals surface area contributed by atoms with Crippen LogP contribution in [0, 0.1) is 0 Å². The molecule has 0 spiro atoms. The molecule has 152 valence electrons. The Kier molecular flexibility index (Phi) is 5.04. The standard InChI is InChI=1S/C21H23N3O4S/c1-23(21-18-5-3-4-6-19(18)29(26,27)22-21)14-20(25)24(16-9-10-16)13-15-7-11-17(28-2)12-8-15/h3-8,11-12,16H,9-10,13-14H2,1-2H3. The molecule has 0 bridgehead atoms.